The second kappa shape index (κ2) is 9.13. The molecule has 0 unspecified atom stereocenters. The summed E-state index contributed by atoms with van der Waals surface area (Å²) >= 11 is 0. The maximum Gasteiger partial charge on any atom is 0.151 e. The second-order valence-electron chi connectivity index (χ2n) is 9.51. The summed E-state index contributed by atoms with van der Waals surface area (Å²) < 4.78 is 22.4. The zero-order valence-corrected chi connectivity index (χ0v) is 18.2. The molecule has 2 aliphatic heterocycles. The van der Waals surface area contributed by atoms with Gasteiger partial charge in [-0.15, -0.1) is 0 Å². The monoisotopic (exact) mass is 436 g/mol. The molecule has 1 N–H and O–H groups in total. The van der Waals surface area contributed by atoms with Crippen LogP contribution in [0.25, 0.3) is 11.1 Å². The molecule has 0 radical (unpaired) electrons. The van der Waals surface area contributed by atoms with Crippen LogP contribution in [0.5, 0.6) is 0 Å². The first-order chi connectivity index (χ1) is 15.6. The lowest BCUT2D eigenvalue weighted by Crippen LogP contribution is -2.42. The number of ketones is 1. The molecule has 0 amide bonds. The van der Waals surface area contributed by atoms with E-state index in [1.54, 1.807) is 12.3 Å². The highest BCUT2D eigenvalue weighted by Crippen LogP contribution is 2.36. The topological polar surface area (TPSA) is 79.9 Å². The molecule has 3 heterocycles. The first-order valence-corrected chi connectivity index (χ1v) is 11.7. The molecule has 1 aromatic carbocycles. The van der Waals surface area contributed by atoms with Crippen LogP contribution in [-0.2, 0) is 22.5 Å². The molecular formula is C25H29FN4O2. The van der Waals surface area contributed by atoms with Crippen molar-refractivity contribution in [1.29, 1.82) is 5.26 Å². The quantitative estimate of drug-likeness (QED) is 0.683. The Hall–Kier alpha value is -2.56. The highest BCUT2D eigenvalue weighted by molar-refractivity contribution is 5.85. The third-order valence-electron chi connectivity index (χ3n) is 7.24. The molecule has 1 saturated carbocycles. The normalized spacial score (nSPS) is 27.5. The Morgan fingerprint density at radius 3 is 2.94 bits per heavy atom. The van der Waals surface area contributed by atoms with Gasteiger partial charge in [-0.05, 0) is 61.6 Å². The standard InChI is InChI=1S/C25H29FN4O2/c26-23-11-17(20-13-28-30(14-20)15-22-2-1-7-32-22)3-4-18(23)8-16(12-27)9-24(31)25-19-5-6-21(10-19)29-25/h3-4,11,13-14,16,19,21-22,25,29H,1-2,5-10,15H2/t16-,19+,21-,22-,25+/m1/s1. The molecule has 1 aliphatic carbocycles. The summed E-state index contributed by atoms with van der Waals surface area (Å²) in [4.78, 5) is 12.7. The van der Waals surface area contributed by atoms with E-state index in [0.29, 0.717) is 24.1 Å². The number of hydrogen-bond acceptors (Lipinski definition) is 5. The number of nitrogens with one attached hydrogen (secondary N) is 1. The van der Waals surface area contributed by atoms with Crippen molar-refractivity contribution in [1.82, 2.24) is 15.1 Å². The summed E-state index contributed by atoms with van der Waals surface area (Å²) in [5, 5.41) is 17.4. The van der Waals surface area contributed by atoms with E-state index in [0.717, 1.165) is 49.8 Å². The Morgan fingerprint density at radius 2 is 2.25 bits per heavy atom. The molecule has 32 heavy (non-hydrogen) atoms. The molecule has 168 valence electrons. The van der Waals surface area contributed by atoms with Crippen LogP contribution in [0, 0.1) is 29.0 Å². The van der Waals surface area contributed by atoms with Gasteiger partial charge in [0.25, 0.3) is 0 Å². The lowest BCUT2D eigenvalue weighted by molar-refractivity contribution is -0.122. The predicted octanol–water partition coefficient (Wildman–Crippen LogP) is 3.65. The number of nitrogens with zero attached hydrogens (tertiary/aromatic N) is 3. The Kier molecular flexibility index (Phi) is 6.07. The molecule has 6 nitrogen and oxygen atoms in total. The van der Waals surface area contributed by atoms with Gasteiger partial charge in [-0.3, -0.25) is 9.48 Å². The van der Waals surface area contributed by atoms with Crippen LogP contribution in [0.4, 0.5) is 4.39 Å². The third-order valence-corrected chi connectivity index (χ3v) is 7.24. The van der Waals surface area contributed by atoms with Gasteiger partial charge in [0.1, 0.15) is 5.82 Å². The predicted molar refractivity (Wildman–Crippen MR) is 117 cm³/mol. The van der Waals surface area contributed by atoms with E-state index in [1.807, 2.05) is 16.9 Å². The molecule has 2 bridgehead atoms. The van der Waals surface area contributed by atoms with E-state index in [4.69, 9.17) is 4.74 Å². The number of hydrogen-bond donors (Lipinski definition) is 1. The largest absolute Gasteiger partial charge is 0.376 e. The van der Waals surface area contributed by atoms with Gasteiger partial charge >= 0.3 is 0 Å². The van der Waals surface area contributed by atoms with Gasteiger partial charge in [0.15, 0.2) is 5.78 Å². The number of carbonyl (C=O) groups is 1. The van der Waals surface area contributed by atoms with Crippen molar-refractivity contribution in [2.75, 3.05) is 6.61 Å². The first kappa shape index (κ1) is 21.3. The summed E-state index contributed by atoms with van der Waals surface area (Å²) in [6.07, 6.45) is 9.68. The molecule has 2 saturated heterocycles. The molecule has 3 fully saturated rings. The Morgan fingerprint density at radius 1 is 1.34 bits per heavy atom. The number of rotatable bonds is 8. The molecule has 1 aromatic heterocycles. The lowest BCUT2D eigenvalue weighted by atomic mass is 9.88. The number of piperidine rings is 1. The molecule has 5 rings (SSSR count). The van der Waals surface area contributed by atoms with Gasteiger partial charge < -0.3 is 10.1 Å². The number of benzene rings is 1. The van der Waals surface area contributed by atoms with Crippen molar-refractivity contribution in [2.24, 2.45) is 11.8 Å². The first-order valence-electron chi connectivity index (χ1n) is 11.7. The SMILES string of the molecule is N#C[C@@H](CC(=O)[C@H]1N[C@@H]2CC[C@H]1C2)Cc1ccc(-c2cnn(C[C@H]3CCCO3)c2)cc1F. The van der Waals surface area contributed by atoms with Gasteiger partial charge in [0.05, 0.1) is 36.9 Å². The number of Topliss-reactive ketones (excluding diaryl/α,β-unsaturated/α-hetero) is 1. The molecular weight excluding hydrogens is 407 g/mol. The Labute approximate surface area is 187 Å². The summed E-state index contributed by atoms with van der Waals surface area (Å²) in [5.74, 6) is -0.360. The van der Waals surface area contributed by atoms with Crippen molar-refractivity contribution in [3.63, 3.8) is 0 Å². The maximum atomic E-state index is 14.9. The number of nitriles is 1. The maximum absolute atomic E-state index is 14.9. The van der Waals surface area contributed by atoms with Crippen LogP contribution in [-0.4, -0.2) is 40.4 Å². The fraction of sp³-hybridized carbons (Fsp3) is 0.560. The van der Waals surface area contributed by atoms with E-state index in [2.05, 4.69) is 16.5 Å². The minimum Gasteiger partial charge on any atom is -0.376 e. The number of fused-ring (bicyclic) bond motifs is 2. The third kappa shape index (κ3) is 4.48. The van der Waals surface area contributed by atoms with Gasteiger partial charge in [0.2, 0.25) is 0 Å². The number of aromatic nitrogens is 2. The minimum absolute atomic E-state index is 0.0967. The highest BCUT2D eigenvalue weighted by atomic mass is 19.1. The summed E-state index contributed by atoms with van der Waals surface area (Å²) in [6, 6.07) is 7.64. The van der Waals surface area contributed by atoms with E-state index >= 15 is 0 Å². The Bertz CT molecular complexity index is 1020. The van der Waals surface area contributed by atoms with E-state index in [9.17, 15) is 14.4 Å². The van der Waals surface area contributed by atoms with Gasteiger partial charge in [-0.2, -0.15) is 10.4 Å². The van der Waals surface area contributed by atoms with Crippen LogP contribution >= 0.6 is 0 Å². The fourth-order valence-electron chi connectivity index (χ4n) is 5.52. The van der Waals surface area contributed by atoms with Crippen molar-refractivity contribution < 1.29 is 13.9 Å². The number of carbonyl (C=O) groups excluding carboxylic acids is 1. The average Bonchev–Trinajstić information content (AvgIpc) is 3.60. The smallest absolute Gasteiger partial charge is 0.151 e. The number of halogens is 1. The van der Waals surface area contributed by atoms with Crippen molar-refractivity contribution in [3.05, 3.63) is 42.0 Å². The van der Waals surface area contributed by atoms with Gasteiger partial charge in [-0.25, -0.2) is 4.39 Å². The summed E-state index contributed by atoms with van der Waals surface area (Å²) in [5.41, 5.74) is 2.07. The van der Waals surface area contributed by atoms with Crippen molar-refractivity contribution >= 4 is 5.78 Å². The Balaban J connectivity index is 1.21. The van der Waals surface area contributed by atoms with Crippen molar-refractivity contribution in [3.8, 4) is 17.2 Å². The van der Waals surface area contributed by atoms with Crippen LogP contribution < -0.4 is 5.32 Å². The van der Waals surface area contributed by atoms with Crippen LogP contribution in [0.3, 0.4) is 0 Å². The van der Waals surface area contributed by atoms with Crippen LogP contribution in [0.15, 0.2) is 30.6 Å². The highest BCUT2D eigenvalue weighted by Gasteiger charge is 2.42. The summed E-state index contributed by atoms with van der Waals surface area (Å²) in [7, 11) is 0. The van der Waals surface area contributed by atoms with Gasteiger partial charge in [-0.1, -0.05) is 12.1 Å². The van der Waals surface area contributed by atoms with Gasteiger partial charge in [0, 0.05) is 30.8 Å². The molecule has 0 spiro atoms. The molecule has 2 aromatic rings. The molecule has 7 heteroatoms. The average molecular weight is 437 g/mol. The number of ether oxygens (including phenoxy) is 1. The molecule has 3 aliphatic rings. The lowest BCUT2D eigenvalue weighted by Gasteiger charge is -2.22. The van der Waals surface area contributed by atoms with Crippen LogP contribution in [0.1, 0.15) is 44.1 Å². The van der Waals surface area contributed by atoms with Crippen molar-refractivity contribution in [2.45, 2.75) is 69.7 Å². The fourth-order valence-corrected chi connectivity index (χ4v) is 5.52. The molecule has 5 atom stereocenters. The van der Waals surface area contributed by atoms with E-state index in [-0.39, 0.29) is 36.6 Å². The van der Waals surface area contributed by atoms with E-state index in [1.165, 1.54) is 6.07 Å². The zero-order chi connectivity index (χ0) is 22.1. The van der Waals surface area contributed by atoms with Crippen LogP contribution in [0.2, 0.25) is 0 Å². The second-order valence-corrected chi connectivity index (χ2v) is 9.51. The summed E-state index contributed by atoms with van der Waals surface area (Å²) in [6.45, 7) is 1.51. The zero-order valence-electron chi connectivity index (χ0n) is 18.2. The minimum atomic E-state index is -0.516. The van der Waals surface area contributed by atoms with E-state index < -0.39 is 5.92 Å².